The number of halogens is 2. The van der Waals surface area contributed by atoms with Crippen LogP contribution in [-0.4, -0.2) is 29.3 Å². The predicted octanol–water partition coefficient (Wildman–Crippen LogP) is 5.17. The molecule has 1 N–H and O–H groups in total. The van der Waals surface area contributed by atoms with Gasteiger partial charge < -0.3 is 15.0 Å². The minimum atomic E-state index is -0.247. The molecule has 3 rings (SSSR count). The first kappa shape index (κ1) is 19.1. The lowest BCUT2D eigenvalue weighted by atomic mass is 10.2. The molecule has 1 aliphatic heterocycles. The van der Waals surface area contributed by atoms with Crippen LogP contribution in [0.15, 0.2) is 42.5 Å². The first-order valence-electron chi connectivity index (χ1n) is 8.69. The van der Waals surface area contributed by atoms with Crippen LogP contribution in [0.1, 0.15) is 24.0 Å². The van der Waals surface area contributed by atoms with Crippen molar-refractivity contribution in [3.63, 3.8) is 0 Å². The first-order chi connectivity index (χ1) is 12.5. The second-order valence-corrected chi connectivity index (χ2v) is 7.33. The Morgan fingerprint density at radius 1 is 1.35 bits per heavy atom. The molecule has 2 aromatic carbocycles. The molecular formula is C20H22ClFN2OS. The van der Waals surface area contributed by atoms with Gasteiger partial charge in [0.1, 0.15) is 5.82 Å². The number of hydrogen-bond donors (Lipinski definition) is 1. The zero-order valence-electron chi connectivity index (χ0n) is 14.7. The van der Waals surface area contributed by atoms with Gasteiger partial charge >= 0.3 is 0 Å². The minimum absolute atomic E-state index is 0.143. The van der Waals surface area contributed by atoms with Crippen molar-refractivity contribution in [2.45, 2.75) is 32.4 Å². The molecule has 0 aromatic heterocycles. The Bertz CT molecular complexity index is 780. The van der Waals surface area contributed by atoms with Gasteiger partial charge in [-0.1, -0.05) is 29.8 Å². The van der Waals surface area contributed by atoms with Gasteiger partial charge in [0.15, 0.2) is 5.11 Å². The lowest BCUT2D eigenvalue weighted by Gasteiger charge is -2.28. The third-order valence-electron chi connectivity index (χ3n) is 4.42. The van der Waals surface area contributed by atoms with Gasteiger partial charge in [-0.25, -0.2) is 4.39 Å². The van der Waals surface area contributed by atoms with Crippen molar-refractivity contribution in [3.8, 4) is 0 Å². The second-order valence-electron chi connectivity index (χ2n) is 6.54. The van der Waals surface area contributed by atoms with Gasteiger partial charge in [-0.15, -0.1) is 0 Å². The number of anilines is 1. The van der Waals surface area contributed by atoms with E-state index in [0.717, 1.165) is 36.3 Å². The van der Waals surface area contributed by atoms with Crippen molar-refractivity contribution in [2.24, 2.45) is 0 Å². The fourth-order valence-corrected chi connectivity index (χ4v) is 3.42. The van der Waals surface area contributed by atoms with E-state index in [1.54, 1.807) is 6.07 Å². The molecule has 0 bridgehead atoms. The largest absolute Gasteiger partial charge is 0.376 e. The summed E-state index contributed by atoms with van der Waals surface area (Å²) in [5.41, 5.74) is 2.72. The molecule has 2 aromatic rings. The highest BCUT2D eigenvalue weighted by Crippen LogP contribution is 2.21. The molecule has 0 saturated carbocycles. The number of rotatable bonds is 5. The average Bonchev–Trinajstić information content (AvgIpc) is 3.11. The van der Waals surface area contributed by atoms with Crippen LogP contribution in [0.4, 0.5) is 10.1 Å². The molecular weight excluding hydrogens is 371 g/mol. The SMILES string of the molecule is Cc1ccc(NC(=S)N(Cc2cccc(F)c2)CC2CCCO2)cc1Cl. The quantitative estimate of drug-likeness (QED) is 0.710. The Morgan fingerprint density at radius 2 is 2.19 bits per heavy atom. The molecule has 6 heteroatoms. The zero-order valence-corrected chi connectivity index (χ0v) is 16.2. The van der Waals surface area contributed by atoms with Gasteiger partial charge in [-0.05, 0) is 67.4 Å². The summed E-state index contributed by atoms with van der Waals surface area (Å²) in [7, 11) is 0. The summed E-state index contributed by atoms with van der Waals surface area (Å²) in [6.45, 7) is 3.93. The Morgan fingerprint density at radius 3 is 2.88 bits per heavy atom. The summed E-state index contributed by atoms with van der Waals surface area (Å²) < 4.78 is 19.3. The number of ether oxygens (including phenoxy) is 1. The van der Waals surface area contributed by atoms with E-state index < -0.39 is 0 Å². The molecule has 1 saturated heterocycles. The van der Waals surface area contributed by atoms with Crippen molar-refractivity contribution in [1.29, 1.82) is 0 Å². The van der Waals surface area contributed by atoms with Crippen LogP contribution >= 0.6 is 23.8 Å². The number of hydrogen-bond acceptors (Lipinski definition) is 2. The maximum absolute atomic E-state index is 13.5. The van der Waals surface area contributed by atoms with Crippen LogP contribution in [-0.2, 0) is 11.3 Å². The molecule has 1 fully saturated rings. The first-order valence-corrected chi connectivity index (χ1v) is 9.48. The van der Waals surface area contributed by atoms with Crippen LogP contribution in [0.3, 0.4) is 0 Å². The Balaban J connectivity index is 1.74. The molecule has 138 valence electrons. The fraction of sp³-hybridized carbons (Fsp3) is 0.350. The summed E-state index contributed by atoms with van der Waals surface area (Å²) in [5, 5.41) is 4.50. The van der Waals surface area contributed by atoms with Crippen LogP contribution in [0, 0.1) is 12.7 Å². The van der Waals surface area contributed by atoms with E-state index in [4.69, 9.17) is 28.6 Å². The molecule has 1 atom stereocenters. The topological polar surface area (TPSA) is 24.5 Å². The van der Waals surface area contributed by atoms with Crippen LogP contribution in [0.5, 0.6) is 0 Å². The molecule has 0 radical (unpaired) electrons. The standard InChI is InChI=1S/C20H22ClFN2OS/c1-14-7-8-17(11-19(14)21)23-20(26)24(13-18-6-3-9-25-18)12-15-4-2-5-16(22)10-15/h2,4-5,7-8,10-11,18H,3,6,9,12-13H2,1H3,(H,23,26). The number of aryl methyl sites for hydroxylation is 1. The maximum atomic E-state index is 13.5. The lowest BCUT2D eigenvalue weighted by Crippen LogP contribution is -2.39. The molecule has 1 heterocycles. The lowest BCUT2D eigenvalue weighted by molar-refractivity contribution is 0.0905. The Kier molecular flexibility index (Phi) is 6.46. The minimum Gasteiger partial charge on any atom is -0.376 e. The number of thiocarbonyl (C=S) groups is 1. The number of nitrogens with zero attached hydrogens (tertiary/aromatic N) is 1. The van der Waals surface area contributed by atoms with Gasteiger partial charge in [-0.3, -0.25) is 0 Å². The van der Waals surface area contributed by atoms with Crippen molar-refractivity contribution in [2.75, 3.05) is 18.5 Å². The van der Waals surface area contributed by atoms with Crippen molar-refractivity contribution in [1.82, 2.24) is 4.90 Å². The summed E-state index contributed by atoms with van der Waals surface area (Å²) in [4.78, 5) is 2.02. The average molecular weight is 393 g/mol. The smallest absolute Gasteiger partial charge is 0.173 e. The molecule has 1 unspecified atom stereocenters. The van der Waals surface area contributed by atoms with Gasteiger partial charge in [-0.2, -0.15) is 0 Å². The van der Waals surface area contributed by atoms with Crippen molar-refractivity contribution >= 4 is 34.6 Å². The van der Waals surface area contributed by atoms with E-state index in [2.05, 4.69) is 5.32 Å². The third kappa shape index (κ3) is 5.16. The van der Waals surface area contributed by atoms with Crippen molar-refractivity contribution in [3.05, 3.63) is 64.4 Å². The highest BCUT2D eigenvalue weighted by Gasteiger charge is 2.21. The van der Waals surface area contributed by atoms with Gasteiger partial charge in [0.25, 0.3) is 0 Å². The maximum Gasteiger partial charge on any atom is 0.173 e. The highest BCUT2D eigenvalue weighted by molar-refractivity contribution is 7.80. The van der Waals surface area contributed by atoms with E-state index in [9.17, 15) is 4.39 Å². The number of benzene rings is 2. The third-order valence-corrected chi connectivity index (χ3v) is 5.19. The summed E-state index contributed by atoms with van der Waals surface area (Å²) in [6.07, 6.45) is 2.22. The van der Waals surface area contributed by atoms with Crippen molar-refractivity contribution < 1.29 is 9.13 Å². The Hall–Kier alpha value is -1.69. The molecule has 3 nitrogen and oxygen atoms in total. The summed E-state index contributed by atoms with van der Waals surface area (Å²) in [5.74, 6) is -0.247. The molecule has 0 amide bonds. The van der Waals surface area contributed by atoms with E-state index >= 15 is 0 Å². The number of nitrogens with one attached hydrogen (secondary N) is 1. The molecule has 26 heavy (non-hydrogen) atoms. The highest BCUT2D eigenvalue weighted by atomic mass is 35.5. The van der Waals surface area contributed by atoms with Crippen LogP contribution in [0.2, 0.25) is 5.02 Å². The van der Waals surface area contributed by atoms with Gasteiger partial charge in [0, 0.05) is 30.4 Å². The fourth-order valence-electron chi connectivity index (χ4n) is 2.98. The predicted molar refractivity (Wildman–Crippen MR) is 108 cm³/mol. The second kappa shape index (κ2) is 8.80. The van der Waals surface area contributed by atoms with Gasteiger partial charge in [0.05, 0.1) is 6.10 Å². The monoisotopic (exact) mass is 392 g/mol. The molecule has 0 aliphatic carbocycles. The normalized spacial score (nSPS) is 16.5. The van der Waals surface area contributed by atoms with E-state index in [0.29, 0.717) is 23.2 Å². The Labute approximate surface area is 164 Å². The summed E-state index contributed by atoms with van der Waals surface area (Å²) >= 11 is 11.8. The van der Waals surface area contributed by atoms with Crippen LogP contribution < -0.4 is 5.32 Å². The van der Waals surface area contributed by atoms with Crippen LogP contribution in [0.25, 0.3) is 0 Å². The summed E-state index contributed by atoms with van der Waals surface area (Å²) in [6, 6.07) is 12.3. The van der Waals surface area contributed by atoms with E-state index in [-0.39, 0.29) is 11.9 Å². The van der Waals surface area contributed by atoms with E-state index in [1.165, 1.54) is 12.1 Å². The zero-order chi connectivity index (χ0) is 18.5. The molecule has 0 spiro atoms. The van der Waals surface area contributed by atoms with E-state index in [1.807, 2.05) is 36.1 Å². The molecule has 1 aliphatic rings. The van der Waals surface area contributed by atoms with Gasteiger partial charge in [0.2, 0.25) is 0 Å².